The van der Waals surface area contributed by atoms with Gasteiger partial charge in [-0.3, -0.25) is 9.59 Å². The molecule has 8 heteroatoms. The molecular formula is C8H12N4O4. The first-order valence-electron chi connectivity index (χ1n) is 4.73. The predicted molar refractivity (Wildman–Crippen MR) is 50.7 cm³/mol. The number of hydrogen-bond donors (Lipinski definition) is 2. The number of aliphatic carboxylic acids is 2. The average molecular weight is 228 g/mol. The van der Waals surface area contributed by atoms with Crippen LogP contribution in [0.1, 0.15) is 31.5 Å². The number of aryl methyl sites for hydroxylation is 1. The number of carboxylic acids is 2. The Labute approximate surface area is 90.9 Å². The first kappa shape index (κ1) is 12.1. The normalized spacial score (nSPS) is 12.3. The second-order valence-electron chi connectivity index (χ2n) is 3.32. The molecule has 0 fully saturated rings. The molecular weight excluding hydrogens is 216 g/mol. The zero-order valence-corrected chi connectivity index (χ0v) is 8.70. The third kappa shape index (κ3) is 3.01. The Kier molecular flexibility index (Phi) is 3.92. The lowest BCUT2D eigenvalue weighted by Gasteiger charge is -2.06. The molecule has 0 saturated heterocycles. The Morgan fingerprint density at radius 2 is 2.12 bits per heavy atom. The fraction of sp³-hybridized carbons (Fsp3) is 0.625. The van der Waals surface area contributed by atoms with Gasteiger partial charge < -0.3 is 10.2 Å². The Bertz CT molecular complexity index is 389. The van der Waals surface area contributed by atoms with Crippen LogP contribution in [0.2, 0.25) is 0 Å². The van der Waals surface area contributed by atoms with Gasteiger partial charge in [0, 0.05) is 13.0 Å². The molecule has 16 heavy (non-hydrogen) atoms. The summed E-state index contributed by atoms with van der Waals surface area (Å²) in [6, 6.07) is 0. The van der Waals surface area contributed by atoms with E-state index in [4.69, 9.17) is 10.2 Å². The molecule has 0 radical (unpaired) electrons. The lowest BCUT2D eigenvalue weighted by molar-refractivity contribution is -0.139. The van der Waals surface area contributed by atoms with Gasteiger partial charge in [0.25, 0.3) is 0 Å². The van der Waals surface area contributed by atoms with Crippen molar-refractivity contribution in [1.29, 1.82) is 0 Å². The van der Waals surface area contributed by atoms with Crippen LogP contribution in [-0.4, -0.2) is 42.4 Å². The fourth-order valence-corrected chi connectivity index (χ4v) is 1.17. The van der Waals surface area contributed by atoms with Crippen LogP contribution in [0.3, 0.4) is 0 Å². The highest BCUT2D eigenvalue weighted by atomic mass is 16.4. The quantitative estimate of drug-likeness (QED) is 0.687. The highest BCUT2D eigenvalue weighted by molar-refractivity contribution is 5.74. The van der Waals surface area contributed by atoms with Gasteiger partial charge in [-0.2, -0.15) is 0 Å². The van der Waals surface area contributed by atoms with Crippen molar-refractivity contribution in [3.8, 4) is 0 Å². The van der Waals surface area contributed by atoms with Crippen LogP contribution in [0.15, 0.2) is 0 Å². The fourth-order valence-electron chi connectivity index (χ4n) is 1.17. The molecule has 1 unspecified atom stereocenters. The minimum absolute atomic E-state index is 0.000746. The summed E-state index contributed by atoms with van der Waals surface area (Å²) < 4.78 is 1.32. The van der Waals surface area contributed by atoms with Crippen LogP contribution < -0.4 is 0 Å². The Morgan fingerprint density at radius 3 is 2.69 bits per heavy atom. The maximum Gasteiger partial charge on any atom is 0.314 e. The molecule has 0 saturated carbocycles. The van der Waals surface area contributed by atoms with E-state index < -0.39 is 17.9 Å². The van der Waals surface area contributed by atoms with Crippen LogP contribution >= 0.6 is 0 Å². The maximum absolute atomic E-state index is 10.7. The first-order valence-corrected chi connectivity index (χ1v) is 4.73. The molecule has 0 amide bonds. The molecule has 0 aliphatic heterocycles. The monoisotopic (exact) mass is 228 g/mol. The molecule has 0 aromatic carbocycles. The number of carboxylic acid groups (broad SMARTS) is 2. The van der Waals surface area contributed by atoms with Crippen LogP contribution in [0.4, 0.5) is 0 Å². The summed E-state index contributed by atoms with van der Waals surface area (Å²) in [6.45, 7) is 1.77. The van der Waals surface area contributed by atoms with Gasteiger partial charge in [-0.05, 0) is 23.8 Å². The van der Waals surface area contributed by atoms with Gasteiger partial charge in [0.05, 0.1) is 0 Å². The van der Waals surface area contributed by atoms with Crippen molar-refractivity contribution in [2.24, 2.45) is 0 Å². The molecule has 0 aliphatic carbocycles. The maximum atomic E-state index is 10.7. The molecule has 0 spiro atoms. The number of rotatable bonds is 6. The summed E-state index contributed by atoms with van der Waals surface area (Å²) in [5.74, 6) is -2.49. The molecule has 1 atom stereocenters. The number of tetrazole rings is 1. The first-order chi connectivity index (χ1) is 7.52. The Morgan fingerprint density at radius 1 is 1.44 bits per heavy atom. The lowest BCUT2D eigenvalue weighted by Crippen LogP contribution is -2.15. The van der Waals surface area contributed by atoms with Gasteiger partial charge in [0.15, 0.2) is 5.82 Å². The standard InChI is InChI=1S/C8H12N4O4/c1-5(8(15)16)7-9-10-11-12(7)4-2-3-6(13)14/h5H,2-4H2,1H3,(H,13,14)(H,15,16). The van der Waals surface area contributed by atoms with Crippen LogP contribution in [0, 0.1) is 0 Å². The van der Waals surface area contributed by atoms with Crippen LogP contribution in [0.25, 0.3) is 0 Å². The lowest BCUT2D eigenvalue weighted by atomic mass is 10.2. The molecule has 1 rings (SSSR count). The van der Waals surface area contributed by atoms with E-state index in [9.17, 15) is 9.59 Å². The van der Waals surface area contributed by atoms with Gasteiger partial charge in [-0.15, -0.1) is 5.10 Å². The van der Waals surface area contributed by atoms with E-state index >= 15 is 0 Å². The summed E-state index contributed by atoms with van der Waals surface area (Å²) in [7, 11) is 0. The minimum atomic E-state index is -1.02. The van der Waals surface area contributed by atoms with Crippen LogP contribution in [0.5, 0.6) is 0 Å². The molecule has 0 aliphatic rings. The highest BCUT2D eigenvalue weighted by Gasteiger charge is 2.20. The van der Waals surface area contributed by atoms with Crippen LogP contribution in [-0.2, 0) is 16.1 Å². The average Bonchev–Trinajstić information content (AvgIpc) is 2.64. The van der Waals surface area contributed by atoms with E-state index in [1.807, 2.05) is 0 Å². The van der Waals surface area contributed by atoms with E-state index in [0.29, 0.717) is 13.0 Å². The van der Waals surface area contributed by atoms with Crippen molar-refractivity contribution in [3.05, 3.63) is 5.82 Å². The second kappa shape index (κ2) is 5.19. The van der Waals surface area contributed by atoms with E-state index in [0.717, 1.165) is 0 Å². The number of aromatic nitrogens is 4. The summed E-state index contributed by atoms with van der Waals surface area (Å²) >= 11 is 0. The Balaban J connectivity index is 2.63. The SMILES string of the molecule is CC(C(=O)O)c1nnnn1CCCC(=O)O. The number of carbonyl (C=O) groups is 2. The topological polar surface area (TPSA) is 118 Å². The molecule has 1 aromatic heterocycles. The molecule has 1 aromatic rings. The summed E-state index contributed by atoms with van der Waals surface area (Å²) in [5.41, 5.74) is 0. The zero-order chi connectivity index (χ0) is 12.1. The van der Waals surface area contributed by atoms with E-state index in [1.165, 1.54) is 11.6 Å². The Hall–Kier alpha value is -1.99. The summed E-state index contributed by atoms with van der Waals surface area (Å²) in [4.78, 5) is 21.0. The van der Waals surface area contributed by atoms with E-state index in [1.54, 1.807) is 0 Å². The van der Waals surface area contributed by atoms with Crippen molar-refractivity contribution in [2.75, 3.05) is 0 Å². The molecule has 8 nitrogen and oxygen atoms in total. The van der Waals surface area contributed by atoms with Gasteiger partial charge in [-0.25, -0.2) is 4.68 Å². The third-order valence-corrected chi connectivity index (χ3v) is 2.08. The van der Waals surface area contributed by atoms with Crippen molar-refractivity contribution in [3.63, 3.8) is 0 Å². The summed E-state index contributed by atoms with van der Waals surface area (Å²) in [5, 5.41) is 27.8. The minimum Gasteiger partial charge on any atom is -0.481 e. The van der Waals surface area contributed by atoms with Gasteiger partial charge >= 0.3 is 11.9 Å². The van der Waals surface area contributed by atoms with Crippen molar-refractivity contribution >= 4 is 11.9 Å². The van der Waals surface area contributed by atoms with E-state index in [-0.39, 0.29) is 12.2 Å². The summed E-state index contributed by atoms with van der Waals surface area (Å²) in [6.07, 6.45) is 0.362. The third-order valence-electron chi connectivity index (χ3n) is 2.08. The van der Waals surface area contributed by atoms with Gasteiger partial charge in [0.2, 0.25) is 0 Å². The number of hydrogen-bond acceptors (Lipinski definition) is 5. The molecule has 0 bridgehead atoms. The van der Waals surface area contributed by atoms with Gasteiger partial charge in [0.1, 0.15) is 5.92 Å². The van der Waals surface area contributed by atoms with Crippen molar-refractivity contribution in [2.45, 2.75) is 32.2 Å². The molecule has 1 heterocycles. The largest absolute Gasteiger partial charge is 0.481 e. The van der Waals surface area contributed by atoms with Crippen molar-refractivity contribution < 1.29 is 19.8 Å². The van der Waals surface area contributed by atoms with E-state index in [2.05, 4.69) is 15.5 Å². The highest BCUT2D eigenvalue weighted by Crippen LogP contribution is 2.11. The number of nitrogens with zero attached hydrogens (tertiary/aromatic N) is 4. The smallest absolute Gasteiger partial charge is 0.314 e. The zero-order valence-electron chi connectivity index (χ0n) is 8.70. The second-order valence-corrected chi connectivity index (χ2v) is 3.32. The molecule has 2 N–H and O–H groups in total. The molecule has 88 valence electrons. The van der Waals surface area contributed by atoms with Gasteiger partial charge in [-0.1, -0.05) is 0 Å². The predicted octanol–water partition coefficient (Wildman–Crippen LogP) is -0.274. The van der Waals surface area contributed by atoms with Crippen molar-refractivity contribution in [1.82, 2.24) is 20.2 Å².